The second kappa shape index (κ2) is 7.87. The lowest BCUT2D eigenvalue weighted by Gasteiger charge is -2.32. The van der Waals surface area contributed by atoms with Gasteiger partial charge in [0.05, 0.1) is 0 Å². The number of hydrogen-bond donors (Lipinski definition) is 1. The van der Waals surface area contributed by atoms with Gasteiger partial charge in [0, 0.05) is 54.6 Å². The molecule has 1 amide bonds. The first-order chi connectivity index (χ1) is 14.7. The summed E-state index contributed by atoms with van der Waals surface area (Å²) in [4.78, 5) is 34.0. The number of hydrogen-bond acceptors (Lipinski definition) is 5. The third-order valence-electron chi connectivity index (χ3n) is 5.58. The predicted octanol–water partition coefficient (Wildman–Crippen LogP) is 3.09. The first-order valence-electron chi connectivity index (χ1n) is 10.0. The molecule has 1 aliphatic heterocycles. The number of nitrogens with one attached hydrogen (secondary N) is 1. The smallest absolute Gasteiger partial charge is 0.271 e. The Morgan fingerprint density at radius 1 is 1.23 bits per heavy atom. The van der Waals surface area contributed by atoms with Crippen LogP contribution in [0.5, 0.6) is 0 Å². The molecular weight excluding hydrogens is 398 g/mol. The fourth-order valence-electron chi connectivity index (χ4n) is 4.04. The van der Waals surface area contributed by atoms with Crippen LogP contribution >= 0.6 is 11.3 Å². The number of piperidine rings is 1. The van der Waals surface area contributed by atoms with Crippen LogP contribution in [0, 0.1) is 0 Å². The molecule has 1 unspecified atom stereocenters. The Morgan fingerprint density at radius 3 is 2.90 bits per heavy atom. The van der Waals surface area contributed by atoms with Gasteiger partial charge in [0.2, 0.25) is 0 Å². The van der Waals surface area contributed by atoms with Crippen molar-refractivity contribution in [3.05, 3.63) is 87.0 Å². The van der Waals surface area contributed by atoms with Gasteiger partial charge in [0.1, 0.15) is 5.56 Å². The fourth-order valence-corrected chi connectivity index (χ4v) is 5.01. The first-order valence-corrected chi connectivity index (χ1v) is 10.8. The average molecular weight is 420 g/mol. The molecule has 1 aliphatic rings. The Kier molecular flexibility index (Phi) is 4.92. The van der Waals surface area contributed by atoms with Gasteiger partial charge in [-0.25, -0.2) is 4.98 Å². The number of H-pyrrole nitrogens is 1. The van der Waals surface area contributed by atoms with Crippen LogP contribution in [0.25, 0.3) is 4.96 Å². The maximum Gasteiger partial charge on any atom is 0.271 e. The lowest BCUT2D eigenvalue weighted by Crippen LogP contribution is -2.41. The van der Waals surface area contributed by atoms with Crippen molar-refractivity contribution in [3.8, 4) is 0 Å². The normalized spacial score (nSPS) is 16.8. The molecule has 0 bridgehead atoms. The van der Waals surface area contributed by atoms with Crippen molar-refractivity contribution < 1.29 is 4.79 Å². The van der Waals surface area contributed by atoms with Gasteiger partial charge in [-0.1, -0.05) is 30.3 Å². The molecule has 30 heavy (non-hydrogen) atoms. The summed E-state index contributed by atoms with van der Waals surface area (Å²) in [6.07, 6.45) is 7.59. The number of aromatic nitrogens is 4. The number of rotatable bonds is 4. The fraction of sp³-hybridized carbons (Fsp3) is 0.273. The summed E-state index contributed by atoms with van der Waals surface area (Å²) in [7, 11) is 0. The minimum Gasteiger partial charge on any atom is -0.338 e. The lowest BCUT2D eigenvalue weighted by molar-refractivity contribution is 0.0703. The maximum atomic E-state index is 13.1. The van der Waals surface area contributed by atoms with E-state index in [9.17, 15) is 9.59 Å². The minimum absolute atomic E-state index is 0.127. The molecule has 1 saturated heterocycles. The van der Waals surface area contributed by atoms with E-state index in [0.29, 0.717) is 18.1 Å². The van der Waals surface area contributed by atoms with Gasteiger partial charge in [-0.15, -0.1) is 11.3 Å². The molecule has 152 valence electrons. The van der Waals surface area contributed by atoms with E-state index in [1.165, 1.54) is 27.5 Å². The summed E-state index contributed by atoms with van der Waals surface area (Å²) in [5.41, 5.74) is 2.03. The molecule has 7 nitrogen and oxygen atoms in total. The number of fused-ring (bicyclic) bond motifs is 1. The third kappa shape index (κ3) is 3.54. The average Bonchev–Trinajstić information content (AvgIpc) is 3.45. The SMILES string of the molecule is O=C(c1cnc2sc(Cc3ccccc3)cn2c1=O)N1CCCC(c2ccn[nH]2)C1. The van der Waals surface area contributed by atoms with E-state index in [-0.39, 0.29) is 22.9 Å². The second-order valence-electron chi connectivity index (χ2n) is 7.59. The molecule has 8 heteroatoms. The van der Waals surface area contributed by atoms with Crippen LogP contribution in [0.4, 0.5) is 0 Å². The largest absolute Gasteiger partial charge is 0.338 e. The Balaban J connectivity index is 1.40. The Hall–Kier alpha value is -3.26. The van der Waals surface area contributed by atoms with Crippen molar-refractivity contribution in [1.29, 1.82) is 0 Å². The van der Waals surface area contributed by atoms with Crippen LogP contribution < -0.4 is 5.56 Å². The van der Waals surface area contributed by atoms with Gasteiger partial charge in [-0.05, 0) is 24.5 Å². The van der Waals surface area contributed by atoms with Crippen LogP contribution in [-0.4, -0.2) is 43.5 Å². The van der Waals surface area contributed by atoms with Gasteiger partial charge in [0.15, 0.2) is 4.96 Å². The summed E-state index contributed by atoms with van der Waals surface area (Å²) in [6.45, 7) is 1.22. The Morgan fingerprint density at radius 2 is 2.10 bits per heavy atom. The summed E-state index contributed by atoms with van der Waals surface area (Å²) in [5.74, 6) is -0.0369. The molecule has 1 N–H and O–H groups in total. The number of carbonyl (C=O) groups excluding carboxylic acids is 1. The summed E-state index contributed by atoms with van der Waals surface area (Å²) >= 11 is 1.48. The Labute approximate surface area is 177 Å². The molecule has 4 heterocycles. The Bertz CT molecular complexity index is 1230. The van der Waals surface area contributed by atoms with Gasteiger partial charge >= 0.3 is 0 Å². The highest BCUT2D eigenvalue weighted by molar-refractivity contribution is 7.17. The maximum absolute atomic E-state index is 13.1. The standard InChI is InChI=1S/C22H21N5O2S/c28-20(26-10-4-7-16(13-26)19-8-9-24-25-19)18-12-23-22-27(21(18)29)14-17(30-22)11-15-5-2-1-3-6-15/h1-3,5-6,8-9,12,14,16H,4,7,10-11,13H2,(H,24,25). The van der Waals surface area contributed by atoms with E-state index < -0.39 is 0 Å². The van der Waals surface area contributed by atoms with Gasteiger partial charge < -0.3 is 4.90 Å². The van der Waals surface area contributed by atoms with E-state index in [4.69, 9.17) is 0 Å². The molecule has 1 atom stereocenters. The zero-order valence-corrected chi connectivity index (χ0v) is 17.1. The molecule has 0 saturated carbocycles. The molecule has 0 spiro atoms. The van der Waals surface area contributed by atoms with Crippen LogP contribution in [0.15, 0.2) is 59.8 Å². The first kappa shape index (κ1) is 18.7. The molecule has 4 aromatic rings. The van der Waals surface area contributed by atoms with Crippen LogP contribution in [0.1, 0.15) is 45.3 Å². The zero-order chi connectivity index (χ0) is 20.5. The second-order valence-corrected chi connectivity index (χ2v) is 8.69. The van der Waals surface area contributed by atoms with Crippen molar-refractivity contribution in [3.63, 3.8) is 0 Å². The van der Waals surface area contributed by atoms with Gasteiger partial charge in [-0.2, -0.15) is 5.10 Å². The van der Waals surface area contributed by atoms with Gasteiger partial charge in [-0.3, -0.25) is 19.1 Å². The molecule has 1 fully saturated rings. The van der Waals surface area contributed by atoms with Crippen molar-refractivity contribution >= 4 is 22.2 Å². The van der Waals surface area contributed by atoms with E-state index in [1.54, 1.807) is 11.1 Å². The van der Waals surface area contributed by atoms with Crippen molar-refractivity contribution in [2.75, 3.05) is 13.1 Å². The van der Waals surface area contributed by atoms with E-state index in [0.717, 1.165) is 29.8 Å². The molecule has 0 radical (unpaired) electrons. The lowest BCUT2D eigenvalue weighted by atomic mass is 9.94. The summed E-state index contributed by atoms with van der Waals surface area (Å²) < 4.78 is 1.51. The number of amides is 1. The summed E-state index contributed by atoms with van der Waals surface area (Å²) in [6, 6.07) is 12.0. The minimum atomic E-state index is -0.302. The molecule has 1 aromatic carbocycles. The van der Waals surface area contributed by atoms with E-state index >= 15 is 0 Å². The highest BCUT2D eigenvalue weighted by atomic mass is 32.1. The van der Waals surface area contributed by atoms with Crippen molar-refractivity contribution in [1.82, 2.24) is 24.5 Å². The highest BCUT2D eigenvalue weighted by Gasteiger charge is 2.28. The molecule has 0 aliphatic carbocycles. The third-order valence-corrected chi connectivity index (χ3v) is 6.57. The number of nitrogens with zero attached hydrogens (tertiary/aromatic N) is 4. The predicted molar refractivity (Wildman–Crippen MR) is 115 cm³/mol. The number of aromatic amines is 1. The summed E-state index contributed by atoms with van der Waals surface area (Å²) in [5, 5.41) is 7.01. The van der Waals surface area contributed by atoms with Crippen LogP contribution in [-0.2, 0) is 6.42 Å². The molecule has 5 rings (SSSR count). The van der Waals surface area contributed by atoms with Gasteiger partial charge in [0.25, 0.3) is 11.5 Å². The number of thiazole rings is 1. The topological polar surface area (TPSA) is 83.4 Å². The van der Waals surface area contributed by atoms with Crippen LogP contribution in [0.2, 0.25) is 0 Å². The quantitative estimate of drug-likeness (QED) is 0.551. The van der Waals surface area contributed by atoms with Crippen molar-refractivity contribution in [2.24, 2.45) is 0 Å². The monoisotopic (exact) mass is 419 g/mol. The van der Waals surface area contributed by atoms with E-state index in [1.807, 2.05) is 30.5 Å². The number of carbonyl (C=O) groups is 1. The number of likely N-dealkylation sites (tertiary alicyclic amines) is 1. The molecule has 3 aromatic heterocycles. The number of benzene rings is 1. The van der Waals surface area contributed by atoms with E-state index in [2.05, 4.69) is 27.3 Å². The molecular formula is C22H21N5O2S. The highest BCUT2D eigenvalue weighted by Crippen LogP contribution is 2.26. The van der Waals surface area contributed by atoms with Crippen molar-refractivity contribution in [2.45, 2.75) is 25.2 Å². The van der Waals surface area contributed by atoms with Crippen LogP contribution in [0.3, 0.4) is 0 Å². The zero-order valence-electron chi connectivity index (χ0n) is 16.3.